The highest BCUT2D eigenvalue weighted by Crippen LogP contribution is 2.48. The van der Waals surface area contributed by atoms with Crippen molar-refractivity contribution in [3.63, 3.8) is 0 Å². The number of Topliss-reactive ketones (excluding diaryl/α,β-unsaturated/α-hetero) is 1. The van der Waals surface area contributed by atoms with Crippen molar-refractivity contribution in [1.29, 1.82) is 0 Å². The summed E-state index contributed by atoms with van der Waals surface area (Å²) in [6, 6.07) is 20.4. The maximum Gasteiger partial charge on any atom is 0.248 e. The van der Waals surface area contributed by atoms with Gasteiger partial charge in [-0.3, -0.25) is 13.9 Å². The predicted octanol–water partition coefficient (Wildman–Crippen LogP) is 6.77. The van der Waals surface area contributed by atoms with E-state index in [0.29, 0.717) is 28.6 Å². The fourth-order valence-corrected chi connectivity index (χ4v) is 6.24. The number of benzene rings is 2. The molecule has 0 N–H and O–H groups in total. The average Bonchev–Trinajstić information content (AvgIpc) is 3.45. The number of hydrogen-bond acceptors (Lipinski definition) is 6. The summed E-state index contributed by atoms with van der Waals surface area (Å²) in [5.41, 5.74) is 1.29. The molecule has 0 spiro atoms. The van der Waals surface area contributed by atoms with Crippen molar-refractivity contribution in [2.24, 2.45) is 0 Å². The van der Waals surface area contributed by atoms with Crippen LogP contribution in [0.2, 0.25) is 5.02 Å². The molecule has 1 aliphatic heterocycles. The molecule has 2 unspecified atom stereocenters. The molecule has 1 saturated heterocycles. The molecule has 0 saturated carbocycles. The molecule has 4 aromatic rings. The minimum absolute atomic E-state index is 0.0199. The number of rotatable bonds is 6. The number of thiophene rings is 1. The van der Waals surface area contributed by atoms with E-state index >= 15 is 0 Å². The largest absolute Gasteiger partial charge is 0.327 e. The van der Waals surface area contributed by atoms with Gasteiger partial charge in [0, 0.05) is 23.7 Å². The van der Waals surface area contributed by atoms with Gasteiger partial charge in [0.25, 0.3) is 0 Å². The maximum atomic E-state index is 13.8. The van der Waals surface area contributed by atoms with Crippen LogP contribution < -0.4 is 4.90 Å². The van der Waals surface area contributed by atoms with Crippen LogP contribution in [0.5, 0.6) is 0 Å². The summed E-state index contributed by atoms with van der Waals surface area (Å²) in [7, 11) is 0. The minimum atomic E-state index is -1.22. The second kappa shape index (κ2) is 10.3. The number of halogens is 2. The Morgan fingerprint density at radius 3 is 2.54 bits per heavy atom. The van der Waals surface area contributed by atoms with Gasteiger partial charge < -0.3 is 4.90 Å². The Hall–Kier alpha value is -3.20. The molecule has 0 aliphatic carbocycles. The standard InChI is InChI=1S/C28H23ClFN3O2S2/c1-2-32(20-12-10-19(30)11-13-20)25-9-5-8-24(31-25)28(18-14-15-37-17-18)16-23(34)26(27(35)33(28)36)21-6-3-4-7-22(21)29/h3-15,17,26,36H,2,16H2,1H3. The van der Waals surface area contributed by atoms with Gasteiger partial charge in [0.1, 0.15) is 23.1 Å². The first kappa shape index (κ1) is 25.4. The maximum absolute atomic E-state index is 13.8. The second-order valence-electron chi connectivity index (χ2n) is 8.72. The molecule has 1 aliphatic rings. The van der Waals surface area contributed by atoms with Crippen LogP contribution in [-0.4, -0.2) is 27.5 Å². The van der Waals surface area contributed by atoms with E-state index in [9.17, 15) is 14.0 Å². The number of hydrogen-bond donors (Lipinski definition) is 1. The summed E-state index contributed by atoms with van der Waals surface area (Å²) in [4.78, 5) is 34.4. The van der Waals surface area contributed by atoms with Gasteiger partial charge in [-0.2, -0.15) is 11.3 Å². The van der Waals surface area contributed by atoms with Gasteiger partial charge >= 0.3 is 0 Å². The molecule has 2 aromatic carbocycles. The number of thiol groups is 1. The molecule has 5 nitrogen and oxygen atoms in total. The van der Waals surface area contributed by atoms with Gasteiger partial charge in [0.2, 0.25) is 5.91 Å². The van der Waals surface area contributed by atoms with Gasteiger partial charge in [-0.15, -0.1) is 0 Å². The lowest BCUT2D eigenvalue weighted by Crippen LogP contribution is -2.54. The molecule has 2 aromatic heterocycles. The Bertz CT molecular complexity index is 1450. The van der Waals surface area contributed by atoms with Crippen LogP contribution in [0, 0.1) is 5.82 Å². The van der Waals surface area contributed by atoms with Gasteiger partial charge in [-0.1, -0.05) is 48.7 Å². The van der Waals surface area contributed by atoms with Gasteiger partial charge in [0.15, 0.2) is 5.78 Å². The number of nitrogens with zero attached hydrogens (tertiary/aromatic N) is 3. The number of anilines is 2. The van der Waals surface area contributed by atoms with Crippen LogP contribution >= 0.6 is 35.8 Å². The Labute approximate surface area is 229 Å². The van der Waals surface area contributed by atoms with E-state index in [-0.39, 0.29) is 18.0 Å². The molecule has 9 heteroatoms. The summed E-state index contributed by atoms with van der Waals surface area (Å²) in [6.07, 6.45) is -0.0199. The van der Waals surface area contributed by atoms with E-state index in [1.807, 2.05) is 40.8 Å². The van der Waals surface area contributed by atoms with Crippen molar-refractivity contribution in [2.45, 2.75) is 24.8 Å². The lowest BCUT2D eigenvalue weighted by atomic mass is 9.74. The van der Waals surface area contributed by atoms with Crippen molar-refractivity contribution < 1.29 is 14.0 Å². The number of ketones is 1. The topological polar surface area (TPSA) is 53.5 Å². The highest BCUT2D eigenvalue weighted by Gasteiger charge is 2.53. The second-order valence-corrected chi connectivity index (χ2v) is 10.3. The van der Waals surface area contributed by atoms with Crippen LogP contribution in [0.25, 0.3) is 0 Å². The van der Waals surface area contributed by atoms with Crippen molar-refractivity contribution >= 4 is 58.9 Å². The molecular formula is C28H23ClFN3O2S2. The van der Waals surface area contributed by atoms with Crippen molar-refractivity contribution in [3.8, 4) is 0 Å². The lowest BCUT2D eigenvalue weighted by Gasteiger charge is -2.45. The molecule has 1 fully saturated rings. The Kier molecular flexibility index (Phi) is 7.07. The van der Waals surface area contributed by atoms with Crippen LogP contribution in [0.1, 0.15) is 36.1 Å². The van der Waals surface area contributed by atoms with E-state index in [4.69, 9.17) is 29.4 Å². The fraction of sp³-hybridized carbons (Fsp3) is 0.179. The number of carbonyl (C=O) groups is 2. The van der Waals surface area contributed by atoms with Crippen molar-refractivity contribution in [3.05, 3.63) is 111 Å². The third kappa shape index (κ3) is 4.43. The zero-order valence-corrected chi connectivity index (χ0v) is 22.3. The molecule has 0 radical (unpaired) electrons. The van der Waals surface area contributed by atoms with Crippen LogP contribution in [0.3, 0.4) is 0 Å². The highest BCUT2D eigenvalue weighted by molar-refractivity contribution is 7.78. The van der Waals surface area contributed by atoms with Crippen molar-refractivity contribution in [1.82, 2.24) is 9.29 Å². The molecule has 2 atom stereocenters. The van der Waals surface area contributed by atoms with Crippen molar-refractivity contribution in [2.75, 3.05) is 11.4 Å². The molecule has 1 amide bonds. The lowest BCUT2D eigenvalue weighted by molar-refractivity contribution is -0.142. The van der Waals surface area contributed by atoms with Gasteiger partial charge in [-0.25, -0.2) is 9.37 Å². The van der Waals surface area contributed by atoms with E-state index in [2.05, 4.69) is 0 Å². The average molecular weight is 552 g/mol. The molecule has 188 valence electrons. The number of pyridine rings is 1. The summed E-state index contributed by atoms with van der Waals surface area (Å²) < 4.78 is 14.9. The quantitative estimate of drug-likeness (QED) is 0.212. The third-order valence-corrected chi connectivity index (χ3v) is 8.24. The first-order chi connectivity index (χ1) is 17.9. The number of amides is 1. The first-order valence-electron chi connectivity index (χ1n) is 11.7. The van der Waals surface area contributed by atoms with Crippen LogP contribution in [-0.2, 0) is 15.1 Å². The smallest absolute Gasteiger partial charge is 0.248 e. The predicted molar refractivity (Wildman–Crippen MR) is 148 cm³/mol. The first-order valence-corrected chi connectivity index (χ1v) is 13.4. The summed E-state index contributed by atoms with van der Waals surface area (Å²) in [5.74, 6) is -1.48. The Morgan fingerprint density at radius 1 is 1.11 bits per heavy atom. The summed E-state index contributed by atoms with van der Waals surface area (Å²) >= 11 is 12.5. The van der Waals surface area contributed by atoms with Crippen LogP contribution in [0.15, 0.2) is 83.6 Å². The monoisotopic (exact) mass is 551 g/mol. The summed E-state index contributed by atoms with van der Waals surface area (Å²) in [5, 5.41) is 4.16. The van der Waals surface area contributed by atoms with E-state index in [0.717, 1.165) is 11.3 Å². The van der Waals surface area contributed by atoms with Gasteiger partial charge in [-0.05, 0) is 77.3 Å². The Balaban J connectivity index is 1.62. The molecule has 3 heterocycles. The molecule has 0 bridgehead atoms. The van der Waals surface area contributed by atoms with E-state index in [1.54, 1.807) is 42.5 Å². The SMILES string of the molecule is CCN(c1ccc(F)cc1)c1cccc(C2(c3ccsc3)CC(=O)C(c3ccccc3Cl)C(=O)N2S)n1. The molecule has 5 rings (SSSR count). The molecular weight excluding hydrogens is 529 g/mol. The van der Waals surface area contributed by atoms with E-state index < -0.39 is 17.4 Å². The van der Waals surface area contributed by atoms with Gasteiger partial charge in [0.05, 0.1) is 5.69 Å². The number of aromatic nitrogens is 1. The summed E-state index contributed by atoms with van der Waals surface area (Å²) in [6.45, 7) is 2.55. The molecule has 37 heavy (non-hydrogen) atoms. The fourth-order valence-electron chi connectivity index (χ4n) is 4.87. The zero-order valence-electron chi connectivity index (χ0n) is 19.8. The van der Waals surface area contributed by atoms with Crippen LogP contribution in [0.4, 0.5) is 15.9 Å². The number of carbonyl (C=O) groups excluding carboxylic acids is 2. The Morgan fingerprint density at radius 2 is 1.86 bits per heavy atom. The van der Waals surface area contributed by atoms with E-state index in [1.165, 1.54) is 27.8 Å². The normalized spacial score (nSPS) is 19.8. The minimum Gasteiger partial charge on any atom is -0.327 e. The third-order valence-electron chi connectivity index (χ3n) is 6.67. The highest BCUT2D eigenvalue weighted by atomic mass is 35.5. The number of piperidine rings is 1. The zero-order chi connectivity index (χ0) is 26.2.